The van der Waals surface area contributed by atoms with E-state index in [0.29, 0.717) is 34.2 Å². The van der Waals surface area contributed by atoms with Gasteiger partial charge < -0.3 is 0 Å². The number of benzene rings is 1. The molecule has 1 aliphatic heterocycles. The molecule has 1 aromatic carbocycles. The Morgan fingerprint density at radius 2 is 2.00 bits per heavy atom. The summed E-state index contributed by atoms with van der Waals surface area (Å²) in [4.78, 5) is 0. The van der Waals surface area contributed by atoms with E-state index in [1.807, 2.05) is 0 Å². The highest BCUT2D eigenvalue weighted by molar-refractivity contribution is 9.10. The standard InChI is InChI=1S/C12H16BrClN2O2S/c1-9-4-6-16(7-5-9)19(17,18)15-12-3-2-10(14)8-11(12)13/h2-3,8-9,15H,4-7H2,1H3. The topological polar surface area (TPSA) is 49.4 Å². The molecule has 106 valence electrons. The van der Waals surface area contributed by atoms with Gasteiger partial charge in [0.2, 0.25) is 0 Å². The molecule has 0 aromatic heterocycles. The molecule has 1 heterocycles. The molecule has 0 atom stereocenters. The van der Waals surface area contributed by atoms with Gasteiger partial charge in [0.15, 0.2) is 0 Å². The molecule has 4 nitrogen and oxygen atoms in total. The third-order valence-electron chi connectivity index (χ3n) is 3.25. The zero-order valence-electron chi connectivity index (χ0n) is 10.6. The lowest BCUT2D eigenvalue weighted by Crippen LogP contribution is -2.41. The molecule has 0 aliphatic carbocycles. The fraction of sp³-hybridized carbons (Fsp3) is 0.500. The first kappa shape index (κ1) is 15.1. The van der Waals surface area contributed by atoms with Gasteiger partial charge in [-0.15, -0.1) is 0 Å². The van der Waals surface area contributed by atoms with E-state index < -0.39 is 10.2 Å². The molecule has 1 aliphatic rings. The molecule has 0 spiro atoms. The number of hydrogen-bond acceptors (Lipinski definition) is 2. The van der Waals surface area contributed by atoms with Crippen LogP contribution in [0.15, 0.2) is 22.7 Å². The van der Waals surface area contributed by atoms with Crippen LogP contribution >= 0.6 is 27.5 Å². The van der Waals surface area contributed by atoms with Crippen molar-refractivity contribution in [3.8, 4) is 0 Å². The Balaban J connectivity index is 2.12. The molecule has 0 unspecified atom stereocenters. The lowest BCUT2D eigenvalue weighted by atomic mass is 10.0. The summed E-state index contributed by atoms with van der Waals surface area (Å²) in [6, 6.07) is 4.97. The first-order chi connectivity index (χ1) is 8.88. The number of rotatable bonds is 3. The van der Waals surface area contributed by atoms with E-state index in [9.17, 15) is 8.42 Å². The summed E-state index contributed by atoms with van der Waals surface area (Å²) in [6.07, 6.45) is 1.81. The average Bonchev–Trinajstić information content (AvgIpc) is 2.33. The van der Waals surface area contributed by atoms with Crippen LogP contribution in [0.25, 0.3) is 0 Å². The highest BCUT2D eigenvalue weighted by Crippen LogP contribution is 2.28. The summed E-state index contributed by atoms with van der Waals surface area (Å²) in [5, 5.41) is 0.557. The van der Waals surface area contributed by atoms with Crippen LogP contribution in [0.4, 0.5) is 5.69 Å². The molecular formula is C12H16BrClN2O2S. The SMILES string of the molecule is CC1CCN(S(=O)(=O)Nc2ccc(Cl)cc2Br)CC1. The monoisotopic (exact) mass is 366 g/mol. The summed E-state index contributed by atoms with van der Waals surface area (Å²) in [5.41, 5.74) is 0.503. The lowest BCUT2D eigenvalue weighted by molar-refractivity contribution is 0.289. The zero-order chi connectivity index (χ0) is 14.0. The van der Waals surface area contributed by atoms with Crippen molar-refractivity contribution < 1.29 is 8.42 Å². The van der Waals surface area contributed by atoms with Gasteiger partial charge in [-0.1, -0.05) is 18.5 Å². The van der Waals surface area contributed by atoms with Crippen molar-refractivity contribution in [3.63, 3.8) is 0 Å². The van der Waals surface area contributed by atoms with E-state index in [0.717, 1.165) is 12.8 Å². The van der Waals surface area contributed by atoms with E-state index in [4.69, 9.17) is 11.6 Å². The molecule has 0 saturated carbocycles. The number of nitrogens with zero attached hydrogens (tertiary/aromatic N) is 1. The summed E-state index contributed by atoms with van der Waals surface area (Å²) < 4.78 is 29.2. The summed E-state index contributed by atoms with van der Waals surface area (Å²) in [7, 11) is -3.48. The van der Waals surface area contributed by atoms with Crippen LogP contribution in [-0.2, 0) is 10.2 Å². The predicted octanol–water partition coefficient (Wildman–Crippen LogP) is 3.49. The molecule has 7 heteroatoms. The minimum atomic E-state index is -3.48. The maximum absolute atomic E-state index is 12.3. The largest absolute Gasteiger partial charge is 0.301 e. The minimum Gasteiger partial charge on any atom is -0.270 e. The van der Waals surface area contributed by atoms with Crippen molar-refractivity contribution in [2.24, 2.45) is 5.92 Å². The molecule has 2 rings (SSSR count). The van der Waals surface area contributed by atoms with Gasteiger partial charge >= 0.3 is 10.2 Å². The first-order valence-electron chi connectivity index (χ1n) is 6.11. The van der Waals surface area contributed by atoms with Crippen LogP contribution in [0, 0.1) is 5.92 Å². The normalized spacial score (nSPS) is 18.5. The fourth-order valence-electron chi connectivity index (χ4n) is 2.00. The van der Waals surface area contributed by atoms with E-state index in [1.54, 1.807) is 18.2 Å². The highest BCUT2D eigenvalue weighted by Gasteiger charge is 2.26. The Morgan fingerprint density at radius 1 is 1.37 bits per heavy atom. The summed E-state index contributed by atoms with van der Waals surface area (Å²) in [6.45, 7) is 3.29. The highest BCUT2D eigenvalue weighted by atomic mass is 79.9. The molecule has 1 fully saturated rings. The summed E-state index contributed by atoms with van der Waals surface area (Å²) in [5.74, 6) is 0.591. The van der Waals surface area contributed by atoms with Gasteiger partial charge in [-0.2, -0.15) is 12.7 Å². The van der Waals surface area contributed by atoms with Crippen molar-refractivity contribution in [2.45, 2.75) is 19.8 Å². The van der Waals surface area contributed by atoms with E-state index in [1.165, 1.54) is 4.31 Å². The molecule has 1 aromatic rings. The molecule has 19 heavy (non-hydrogen) atoms. The quantitative estimate of drug-likeness (QED) is 0.889. The number of nitrogens with one attached hydrogen (secondary N) is 1. The molecule has 0 bridgehead atoms. The predicted molar refractivity (Wildman–Crippen MR) is 81.7 cm³/mol. The van der Waals surface area contributed by atoms with Crippen LogP contribution < -0.4 is 4.72 Å². The third kappa shape index (κ3) is 3.84. The van der Waals surface area contributed by atoms with Crippen molar-refractivity contribution >= 4 is 43.4 Å². The number of halogens is 2. The van der Waals surface area contributed by atoms with Gasteiger partial charge in [-0.25, -0.2) is 0 Å². The van der Waals surface area contributed by atoms with Gasteiger partial charge in [0, 0.05) is 22.6 Å². The molecule has 1 saturated heterocycles. The Morgan fingerprint density at radius 3 is 2.58 bits per heavy atom. The second-order valence-electron chi connectivity index (χ2n) is 4.81. The van der Waals surface area contributed by atoms with Crippen molar-refractivity contribution in [1.82, 2.24) is 4.31 Å². The van der Waals surface area contributed by atoms with E-state index >= 15 is 0 Å². The Bertz CT molecular complexity index is 557. The van der Waals surface area contributed by atoms with Gasteiger partial charge in [-0.05, 0) is 52.9 Å². The molecule has 1 N–H and O–H groups in total. The van der Waals surface area contributed by atoms with Gasteiger partial charge in [0.1, 0.15) is 0 Å². The fourth-order valence-corrected chi connectivity index (χ4v) is 4.19. The molecule has 0 radical (unpaired) electrons. The smallest absolute Gasteiger partial charge is 0.270 e. The van der Waals surface area contributed by atoms with Crippen molar-refractivity contribution in [1.29, 1.82) is 0 Å². The minimum absolute atomic E-state index is 0.503. The van der Waals surface area contributed by atoms with Crippen molar-refractivity contribution in [2.75, 3.05) is 17.8 Å². The van der Waals surface area contributed by atoms with Crippen LogP contribution in [-0.4, -0.2) is 25.8 Å². The second kappa shape index (κ2) is 5.99. The number of anilines is 1. The molecular weight excluding hydrogens is 352 g/mol. The lowest BCUT2D eigenvalue weighted by Gasteiger charge is -2.29. The summed E-state index contributed by atoms with van der Waals surface area (Å²) >= 11 is 9.14. The average molecular weight is 368 g/mol. The third-order valence-corrected chi connectivity index (χ3v) is 5.67. The second-order valence-corrected chi connectivity index (χ2v) is 7.77. The van der Waals surface area contributed by atoms with Crippen molar-refractivity contribution in [3.05, 3.63) is 27.7 Å². The maximum Gasteiger partial charge on any atom is 0.301 e. The van der Waals surface area contributed by atoms with Crippen LogP contribution in [0.5, 0.6) is 0 Å². The van der Waals surface area contributed by atoms with Gasteiger partial charge in [-0.3, -0.25) is 4.72 Å². The first-order valence-corrected chi connectivity index (χ1v) is 8.72. The Hall–Kier alpha value is -0.300. The van der Waals surface area contributed by atoms with Gasteiger partial charge in [0.25, 0.3) is 0 Å². The number of piperidine rings is 1. The van der Waals surface area contributed by atoms with E-state index in [2.05, 4.69) is 27.6 Å². The van der Waals surface area contributed by atoms with E-state index in [-0.39, 0.29) is 0 Å². The molecule has 0 amide bonds. The maximum atomic E-state index is 12.3. The Kier molecular flexibility index (Phi) is 4.76. The van der Waals surface area contributed by atoms with Crippen LogP contribution in [0.3, 0.4) is 0 Å². The zero-order valence-corrected chi connectivity index (χ0v) is 13.7. The van der Waals surface area contributed by atoms with Gasteiger partial charge in [0.05, 0.1) is 5.69 Å². The number of hydrogen-bond donors (Lipinski definition) is 1. The van der Waals surface area contributed by atoms with Crippen LogP contribution in [0.1, 0.15) is 19.8 Å². The van der Waals surface area contributed by atoms with Crippen LogP contribution in [0.2, 0.25) is 5.02 Å². The Labute approximate surface area is 127 Å².